The van der Waals surface area contributed by atoms with Crippen LogP contribution in [0.3, 0.4) is 0 Å². The Kier molecular flexibility index (Phi) is 5.83. The largest absolute Gasteiger partial charge is 0.497 e. The van der Waals surface area contributed by atoms with Crippen LogP contribution in [0.4, 0.5) is 5.69 Å². The van der Waals surface area contributed by atoms with Crippen molar-refractivity contribution in [1.29, 1.82) is 0 Å². The van der Waals surface area contributed by atoms with E-state index in [4.69, 9.17) is 13.9 Å². The number of hydrogen-bond acceptors (Lipinski definition) is 5. The summed E-state index contributed by atoms with van der Waals surface area (Å²) in [6.07, 6.45) is 2.71. The molecule has 1 aromatic heterocycles. The SMILES string of the molecule is CCOc1ccc(OC)cc1NC(=O)[C@@H](C)NC(=O)c1ccoc1. The van der Waals surface area contributed by atoms with Crippen LogP contribution in [0.5, 0.6) is 11.5 Å². The topological polar surface area (TPSA) is 89.8 Å². The van der Waals surface area contributed by atoms with Crippen LogP contribution < -0.4 is 20.1 Å². The lowest BCUT2D eigenvalue weighted by Gasteiger charge is -2.16. The first-order valence-electron chi connectivity index (χ1n) is 7.50. The Morgan fingerprint density at radius 2 is 2.08 bits per heavy atom. The summed E-state index contributed by atoms with van der Waals surface area (Å²) in [7, 11) is 1.54. The number of amides is 2. The molecule has 0 spiro atoms. The van der Waals surface area contributed by atoms with Gasteiger partial charge in [0.15, 0.2) is 0 Å². The van der Waals surface area contributed by atoms with Crippen molar-refractivity contribution in [2.75, 3.05) is 19.0 Å². The van der Waals surface area contributed by atoms with Crippen molar-refractivity contribution >= 4 is 17.5 Å². The van der Waals surface area contributed by atoms with Gasteiger partial charge in [0.1, 0.15) is 23.8 Å². The van der Waals surface area contributed by atoms with Crippen molar-refractivity contribution in [2.24, 2.45) is 0 Å². The minimum Gasteiger partial charge on any atom is -0.497 e. The molecule has 0 fully saturated rings. The number of ether oxygens (including phenoxy) is 2. The molecule has 0 saturated carbocycles. The highest BCUT2D eigenvalue weighted by atomic mass is 16.5. The standard InChI is InChI=1S/C17H20N2O5/c1-4-24-15-6-5-13(22-3)9-14(15)19-16(20)11(2)18-17(21)12-7-8-23-10-12/h5-11H,4H2,1-3H3,(H,18,21)(H,19,20)/t11-/m1/s1. The number of anilines is 1. The maximum absolute atomic E-state index is 12.3. The third-order valence-corrected chi connectivity index (χ3v) is 3.27. The molecular formula is C17H20N2O5. The van der Waals surface area contributed by atoms with E-state index in [0.29, 0.717) is 29.4 Å². The number of hydrogen-bond donors (Lipinski definition) is 2. The summed E-state index contributed by atoms with van der Waals surface area (Å²) < 4.78 is 15.5. The van der Waals surface area contributed by atoms with E-state index in [1.807, 2.05) is 6.92 Å². The summed E-state index contributed by atoms with van der Waals surface area (Å²) in [5, 5.41) is 5.34. The Labute approximate surface area is 139 Å². The fraction of sp³-hybridized carbons (Fsp3) is 0.294. The molecule has 1 heterocycles. The van der Waals surface area contributed by atoms with Gasteiger partial charge in [0.2, 0.25) is 5.91 Å². The summed E-state index contributed by atoms with van der Waals surface area (Å²) >= 11 is 0. The zero-order chi connectivity index (χ0) is 17.5. The second-order valence-electron chi connectivity index (χ2n) is 4.99. The first kappa shape index (κ1) is 17.4. The van der Waals surface area contributed by atoms with Gasteiger partial charge in [-0.15, -0.1) is 0 Å². The van der Waals surface area contributed by atoms with Crippen LogP contribution in [-0.4, -0.2) is 31.6 Å². The molecule has 24 heavy (non-hydrogen) atoms. The van der Waals surface area contributed by atoms with Crippen molar-refractivity contribution in [3.8, 4) is 11.5 Å². The van der Waals surface area contributed by atoms with Gasteiger partial charge in [-0.05, 0) is 32.0 Å². The molecule has 0 aliphatic carbocycles. The third-order valence-electron chi connectivity index (χ3n) is 3.27. The number of methoxy groups -OCH3 is 1. The Morgan fingerprint density at radius 3 is 2.71 bits per heavy atom. The van der Waals surface area contributed by atoms with Crippen LogP contribution in [0.25, 0.3) is 0 Å². The van der Waals surface area contributed by atoms with Crippen LogP contribution in [0.1, 0.15) is 24.2 Å². The molecule has 1 atom stereocenters. The quantitative estimate of drug-likeness (QED) is 0.813. The van der Waals surface area contributed by atoms with Gasteiger partial charge in [0.05, 0.1) is 31.2 Å². The smallest absolute Gasteiger partial charge is 0.255 e. The molecule has 2 N–H and O–H groups in total. The number of rotatable bonds is 7. The van der Waals surface area contributed by atoms with Crippen molar-refractivity contribution in [2.45, 2.75) is 19.9 Å². The fourth-order valence-electron chi connectivity index (χ4n) is 2.00. The van der Waals surface area contributed by atoms with E-state index in [1.54, 1.807) is 25.1 Å². The number of carbonyl (C=O) groups excluding carboxylic acids is 2. The predicted molar refractivity (Wildman–Crippen MR) is 88.4 cm³/mol. The van der Waals surface area contributed by atoms with Crippen LogP contribution in [0.2, 0.25) is 0 Å². The monoisotopic (exact) mass is 332 g/mol. The number of furan rings is 1. The first-order valence-corrected chi connectivity index (χ1v) is 7.50. The molecule has 0 radical (unpaired) electrons. The third kappa shape index (κ3) is 4.28. The van der Waals surface area contributed by atoms with Crippen molar-refractivity contribution < 1.29 is 23.5 Å². The summed E-state index contributed by atoms with van der Waals surface area (Å²) in [5.41, 5.74) is 0.830. The van der Waals surface area contributed by atoms with Crippen LogP contribution in [0.15, 0.2) is 41.2 Å². The molecule has 0 bridgehead atoms. The highest BCUT2D eigenvalue weighted by Crippen LogP contribution is 2.29. The van der Waals surface area contributed by atoms with Crippen molar-refractivity contribution in [1.82, 2.24) is 5.32 Å². The lowest BCUT2D eigenvalue weighted by Crippen LogP contribution is -2.41. The van der Waals surface area contributed by atoms with Gasteiger partial charge in [-0.1, -0.05) is 0 Å². The van der Waals surface area contributed by atoms with E-state index in [-0.39, 0.29) is 11.8 Å². The average Bonchev–Trinajstić information content (AvgIpc) is 3.11. The highest BCUT2D eigenvalue weighted by molar-refractivity contribution is 6.01. The molecule has 1 aromatic carbocycles. The van der Waals surface area contributed by atoms with E-state index in [1.165, 1.54) is 25.7 Å². The van der Waals surface area contributed by atoms with Crippen LogP contribution >= 0.6 is 0 Å². The van der Waals surface area contributed by atoms with Gasteiger partial charge in [0.25, 0.3) is 5.91 Å². The maximum Gasteiger partial charge on any atom is 0.255 e. The normalized spacial score (nSPS) is 11.5. The zero-order valence-corrected chi connectivity index (χ0v) is 13.8. The summed E-state index contributed by atoms with van der Waals surface area (Å²) in [6, 6.07) is 5.90. The molecule has 7 heteroatoms. The van der Waals surface area contributed by atoms with E-state index in [2.05, 4.69) is 10.6 Å². The number of nitrogens with one attached hydrogen (secondary N) is 2. The summed E-state index contributed by atoms with van der Waals surface area (Å²) in [5.74, 6) is 0.354. The molecular weight excluding hydrogens is 312 g/mol. The molecule has 0 aliphatic heterocycles. The Balaban J connectivity index is 2.06. The minimum atomic E-state index is -0.743. The average molecular weight is 332 g/mol. The molecule has 2 amide bonds. The van der Waals surface area contributed by atoms with Crippen LogP contribution in [-0.2, 0) is 4.79 Å². The predicted octanol–water partition coefficient (Wildman–Crippen LogP) is 2.44. The second kappa shape index (κ2) is 8.05. The molecule has 2 rings (SSSR count). The Bertz CT molecular complexity index is 697. The van der Waals surface area contributed by atoms with Crippen molar-refractivity contribution in [3.63, 3.8) is 0 Å². The lowest BCUT2D eigenvalue weighted by atomic mass is 10.2. The van der Waals surface area contributed by atoms with Gasteiger partial charge < -0.3 is 24.5 Å². The van der Waals surface area contributed by atoms with E-state index in [9.17, 15) is 9.59 Å². The number of carbonyl (C=O) groups is 2. The van der Waals surface area contributed by atoms with Gasteiger partial charge in [-0.25, -0.2) is 0 Å². The summed E-state index contributed by atoms with van der Waals surface area (Å²) in [4.78, 5) is 24.3. The molecule has 0 aliphatic rings. The number of benzene rings is 1. The molecule has 0 saturated heterocycles. The minimum absolute atomic E-state index is 0.353. The fourth-order valence-corrected chi connectivity index (χ4v) is 2.00. The van der Waals surface area contributed by atoms with E-state index < -0.39 is 6.04 Å². The molecule has 0 unspecified atom stereocenters. The van der Waals surface area contributed by atoms with E-state index >= 15 is 0 Å². The molecule has 128 valence electrons. The Hall–Kier alpha value is -2.96. The van der Waals surface area contributed by atoms with E-state index in [0.717, 1.165) is 0 Å². The summed E-state index contributed by atoms with van der Waals surface area (Å²) in [6.45, 7) is 3.90. The maximum atomic E-state index is 12.3. The molecule has 2 aromatic rings. The van der Waals surface area contributed by atoms with Gasteiger partial charge in [-0.3, -0.25) is 9.59 Å². The second-order valence-corrected chi connectivity index (χ2v) is 4.99. The highest BCUT2D eigenvalue weighted by Gasteiger charge is 2.19. The Morgan fingerprint density at radius 1 is 1.29 bits per heavy atom. The molecule has 7 nitrogen and oxygen atoms in total. The van der Waals surface area contributed by atoms with Gasteiger partial charge >= 0.3 is 0 Å². The zero-order valence-electron chi connectivity index (χ0n) is 13.8. The lowest BCUT2D eigenvalue weighted by molar-refractivity contribution is -0.117. The first-order chi connectivity index (χ1) is 11.5. The van der Waals surface area contributed by atoms with Gasteiger partial charge in [-0.2, -0.15) is 0 Å². The van der Waals surface area contributed by atoms with Gasteiger partial charge in [0, 0.05) is 6.07 Å². The van der Waals surface area contributed by atoms with Crippen LogP contribution in [0, 0.1) is 0 Å². The van der Waals surface area contributed by atoms with Crippen molar-refractivity contribution in [3.05, 3.63) is 42.4 Å².